The number of aryl methyl sites for hydroxylation is 1. The first kappa shape index (κ1) is 16.2. The van der Waals surface area contributed by atoms with Crippen LogP contribution in [0.1, 0.15) is 16.9 Å². The van der Waals surface area contributed by atoms with E-state index in [2.05, 4.69) is 15.9 Å². The van der Waals surface area contributed by atoms with Crippen LogP contribution >= 0.6 is 27.3 Å². The van der Waals surface area contributed by atoms with E-state index >= 15 is 0 Å². The number of halogens is 1. The molecule has 0 fully saturated rings. The van der Waals surface area contributed by atoms with Crippen LogP contribution < -0.4 is 0 Å². The quantitative estimate of drug-likeness (QED) is 0.821. The molecule has 0 aliphatic rings. The van der Waals surface area contributed by atoms with Gasteiger partial charge < -0.3 is 5.11 Å². The molecule has 2 rings (SSSR count). The number of benzene rings is 1. The first-order valence-corrected chi connectivity index (χ1v) is 9.41. The minimum Gasteiger partial charge on any atom is -0.481 e. The average molecular weight is 389 g/mol. The van der Waals surface area contributed by atoms with E-state index in [1.54, 1.807) is 18.2 Å². The molecule has 21 heavy (non-hydrogen) atoms. The maximum Gasteiger partial charge on any atom is 0.303 e. The van der Waals surface area contributed by atoms with Gasteiger partial charge in [0.2, 0.25) is 0 Å². The Hall–Kier alpha value is -1.18. The van der Waals surface area contributed by atoms with Crippen molar-refractivity contribution in [1.82, 2.24) is 0 Å². The Morgan fingerprint density at radius 2 is 1.81 bits per heavy atom. The first-order valence-electron chi connectivity index (χ1n) is 6.14. The van der Waals surface area contributed by atoms with Crippen LogP contribution in [0.5, 0.6) is 0 Å². The molecule has 1 N–H and O–H groups in total. The topological polar surface area (TPSA) is 71.4 Å². The van der Waals surface area contributed by atoms with Gasteiger partial charge in [0.05, 0.1) is 14.4 Å². The van der Waals surface area contributed by atoms with E-state index in [1.807, 2.05) is 6.07 Å². The summed E-state index contributed by atoms with van der Waals surface area (Å²) >= 11 is 4.71. The molecule has 0 atom stereocenters. The standard InChI is InChI=1S/C14H13BrO4S2/c15-13-7-4-11(20-13)9-21(18,19)12-5-1-10(2-6-12)3-8-14(16)17/h1-2,4-7H,3,8-9H2,(H,16,17). The Morgan fingerprint density at radius 1 is 1.14 bits per heavy atom. The molecule has 1 heterocycles. The Labute approximate surface area is 135 Å². The van der Waals surface area contributed by atoms with Crippen molar-refractivity contribution in [3.8, 4) is 0 Å². The van der Waals surface area contributed by atoms with Crippen LogP contribution in [-0.2, 0) is 26.8 Å². The van der Waals surface area contributed by atoms with Crippen molar-refractivity contribution < 1.29 is 18.3 Å². The summed E-state index contributed by atoms with van der Waals surface area (Å²) < 4.78 is 25.5. The fraction of sp³-hybridized carbons (Fsp3) is 0.214. The zero-order chi connectivity index (χ0) is 15.5. The van der Waals surface area contributed by atoms with E-state index in [0.29, 0.717) is 6.42 Å². The molecule has 0 saturated carbocycles. The highest BCUT2D eigenvalue weighted by molar-refractivity contribution is 9.11. The summed E-state index contributed by atoms with van der Waals surface area (Å²) in [6.45, 7) is 0. The Bertz CT molecular complexity index is 733. The van der Waals surface area contributed by atoms with Gasteiger partial charge in [0.15, 0.2) is 9.84 Å². The summed E-state index contributed by atoms with van der Waals surface area (Å²) in [5.41, 5.74) is 0.815. The lowest BCUT2D eigenvalue weighted by molar-refractivity contribution is -0.136. The Balaban J connectivity index is 2.11. The zero-order valence-electron chi connectivity index (χ0n) is 11.0. The van der Waals surface area contributed by atoms with Crippen LogP contribution in [0, 0.1) is 0 Å². The van der Waals surface area contributed by atoms with Crippen molar-refractivity contribution in [2.24, 2.45) is 0 Å². The molecule has 0 amide bonds. The summed E-state index contributed by atoms with van der Waals surface area (Å²) in [5.74, 6) is -0.896. The van der Waals surface area contributed by atoms with Crippen molar-refractivity contribution in [1.29, 1.82) is 0 Å². The van der Waals surface area contributed by atoms with Crippen molar-refractivity contribution >= 4 is 43.1 Å². The molecule has 1 aromatic carbocycles. The summed E-state index contributed by atoms with van der Waals surface area (Å²) in [6.07, 6.45) is 0.433. The van der Waals surface area contributed by atoms with Gasteiger partial charge in [0.25, 0.3) is 0 Å². The minimum atomic E-state index is -3.37. The van der Waals surface area contributed by atoms with Crippen LogP contribution in [0.2, 0.25) is 0 Å². The predicted molar refractivity (Wildman–Crippen MR) is 85.3 cm³/mol. The predicted octanol–water partition coefficient (Wildman–Crippen LogP) is 3.50. The normalized spacial score (nSPS) is 11.5. The molecule has 0 saturated heterocycles. The number of thiophene rings is 1. The molecule has 0 spiro atoms. The molecule has 0 unspecified atom stereocenters. The summed E-state index contributed by atoms with van der Waals surface area (Å²) in [5, 5.41) is 8.63. The molecular weight excluding hydrogens is 376 g/mol. The highest BCUT2D eigenvalue weighted by Crippen LogP contribution is 2.26. The lowest BCUT2D eigenvalue weighted by Crippen LogP contribution is -2.04. The second kappa shape index (κ2) is 6.72. The van der Waals surface area contributed by atoms with Gasteiger partial charge in [0, 0.05) is 11.3 Å². The smallest absolute Gasteiger partial charge is 0.303 e. The average Bonchev–Trinajstić information content (AvgIpc) is 2.81. The number of hydrogen-bond donors (Lipinski definition) is 1. The number of aliphatic carboxylic acids is 1. The molecule has 7 heteroatoms. The van der Waals surface area contributed by atoms with E-state index < -0.39 is 15.8 Å². The number of hydrogen-bond acceptors (Lipinski definition) is 4. The first-order chi connectivity index (χ1) is 9.87. The molecule has 112 valence electrons. The maximum atomic E-state index is 12.3. The SMILES string of the molecule is O=C(O)CCc1ccc(S(=O)(=O)Cc2ccc(Br)s2)cc1. The fourth-order valence-corrected chi connectivity index (χ4v) is 4.98. The molecule has 0 aliphatic carbocycles. The number of rotatable bonds is 6. The highest BCUT2D eigenvalue weighted by atomic mass is 79.9. The number of carboxylic acids is 1. The van der Waals surface area contributed by atoms with Gasteiger partial charge in [-0.25, -0.2) is 8.42 Å². The third kappa shape index (κ3) is 4.66. The van der Waals surface area contributed by atoms with Gasteiger partial charge in [-0.15, -0.1) is 11.3 Å². The minimum absolute atomic E-state index is 0.0300. The van der Waals surface area contributed by atoms with E-state index in [-0.39, 0.29) is 17.1 Å². The van der Waals surface area contributed by atoms with E-state index in [9.17, 15) is 13.2 Å². The molecule has 0 bridgehead atoms. The van der Waals surface area contributed by atoms with E-state index in [4.69, 9.17) is 5.11 Å². The van der Waals surface area contributed by atoms with Crippen molar-refractivity contribution in [2.75, 3.05) is 0 Å². The second-order valence-electron chi connectivity index (χ2n) is 4.50. The molecular formula is C14H13BrO4S2. The van der Waals surface area contributed by atoms with Crippen LogP contribution in [0.4, 0.5) is 0 Å². The van der Waals surface area contributed by atoms with Crippen LogP contribution in [0.3, 0.4) is 0 Å². The summed E-state index contributed by atoms with van der Waals surface area (Å²) in [4.78, 5) is 11.5. The third-order valence-corrected chi connectivity index (χ3v) is 6.36. The molecule has 2 aromatic rings. The Morgan fingerprint density at radius 3 is 2.33 bits per heavy atom. The van der Waals surface area contributed by atoms with Gasteiger partial charge >= 0.3 is 5.97 Å². The summed E-state index contributed by atoms with van der Waals surface area (Å²) in [6, 6.07) is 10.0. The molecule has 4 nitrogen and oxygen atoms in total. The van der Waals surface area contributed by atoms with Gasteiger partial charge in [-0.05, 0) is 52.2 Å². The fourth-order valence-electron chi connectivity index (χ4n) is 1.81. The molecule has 0 radical (unpaired) electrons. The van der Waals surface area contributed by atoms with Gasteiger partial charge in [0.1, 0.15) is 0 Å². The van der Waals surface area contributed by atoms with Crippen molar-refractivity contribution in [2.45, 2.75) is 23.5 Å². The molecule has 1 aromatic heterocycles. The monoisotopic (exact) mass is 388 g/mol. The third-order valence-electron chi connectivity index (χ3n) is 2.87. The molecule has 0 aliphatic heterocycles. The Kier molecular flexibility index (Phi) is 5.18. The second-order valence-corrected chi connectivity index (χ2v) is 9.04. The largest absolute Gasteiger partial charge is 0.481 e. The van der Waals surface area contributed by atoms with Crippen molar-refractivity contribution in [3.05, 3.63) is 50.6 Å². The van der Waals surface area contributed by atoms with Crippen LogP contribution in [-0.4, -0.2) is 19.5 Å². The van der Waals surface area contributed by atoms with Gasteiger partial charge in [-0.2, -0.15) is 0 Å². The van der Waals surface area contributed by atoms with Gasteiger partial charge in [-0.3, -0.25) is 4.79 Å². The van der Waals surface area contributed by atoms with Gasteiger partial charge in [-0.1, -0.05) is 12.1 Å². The van der Waals surface area contributed by atoms with E-state index in [1.165, 1.54) is 23.5 Å². The zero-order valence-corrected chi connectivity index (χ0v) is 14.2. The maximum absolute atomic E-state index is 12.3. The highest BCUT2D eigenvalue weighted by Gasteiger charge is 2.16. The number of carboxylic acid groups (broad SMARTS) is 1. The lowest BCUT2D eigenvalue weighted by atomic mass is 10.1. The van der Waals surface area contributed by atoms with Crippen molar-refractivity contribution in [3.63, 3.8) is 0 Å². The van der Waals surface area contributed by atoms with Crippen LogP contribution in [0.25, 0.3) is 0 Å². The van der Waals surface area contributed by atoms with Crippen LogP contribution in [0.15, 0.2) is 45.1 Å². The summed E-state index contributed by atoms with van der Waals surface area (Å²) in [7, 11) is -3.37. The van der Waals surface area contributed by atoms with E-state index in [0.717, 1.165) is 14.2 Å². The lowest BCUT2D eigenvalue weighted by Gasteiger charge is -2.04. The number of carbonyl (C=O) groups is 1. The number of sulfone groups is 1.